The number of rotatable bonds is 2. The van der Waals surface area contributed by atoms with Gasteiger partial charge in [0, 0.05) is 17.6 Å². The molecule has 0 spiro atoms. The van der Waals surface area contributed by atoms with E-state index in [2.05, 4.69) is 24.5 Å². The molecule has 3 nitrogen and oxygen atoms in total. The summed E-state index contributed by atoms with van der Waals surface area (Å²) in [7, 11) is 0. The number of hydrogen-bond donors (Lipinski definition) is 1. The minimum atomic E-state index is 0.246. The molecule has 1 aromatic heterocycles. The van der Waals surface area contributed by atoms with Crippen LogP contribution in [0.25, 0.3) is 11.0 Å². The molecule has 0 saturated heterocycles. The molecule has 3 heteroatoms. The van der Waals surface area contributed by atoms with Crippen LogP contribution in [0.5, 0.6) is 0 Å². The number of imidazole rings is 1. The molecule has 96 valence electrons. The van der Waals surface area contributed by atoms with E-state index in [9.17, 15) is 0 Å². The standard InChI is InChI=1S/C15H21N3/c1-3-14-17-12-10-11(16)6-7-13(12)18(14)15(2)8-4-5-9-15/h6-7,10H,3-5,8-9,16H2,1-2H3. The van der Waals surface area contributed by atoms with E-state index in [1.165, 1.54) is 37.0 Å². The molecule has 1 fully saturated rings. The zero-order chi connectivity index (χ0) is 12.8. The van der Waals surface area contributed by atoms with Gasteiger partial charge >= 0.3 is 0 Å². The second kappa shape index (κ2) is 4.01. The molecule has 1 aliphatic rings. The van der Waals surface area contributed by atoms with E-state index in [1.54, 1.807) is 0 Å². The van der Waals surface area contributed by atoms with Crippen molar-refractivity contribution in [1.29, 1.82) is 0 Å². The summed E-state index contributed by atoms with van der Waals surface area (Å²) in [5.74, 6) is 1.19. The number of fused-ring (bicyclic) bond motifs is 1. The number of benzene rings is 1. The molecule has 0 atom stereocenters. The fourth-order valence-electron chi connectivity index (χ4n) is 3.35. The third-order valence-electron chi connectivity index (χ3n) is 4.28. The number of nitrogens with zero attached hydrogens (tertiary/aromatic N) is 2. The number of nitrogens with two attached hydrogens (primary N) is 1. The Bertz CT molecular complexity index is 577. The van der Waals surface area contributed by atoms with E-state index in [-0.39, 0.29) is 5.54 Å². The van der Waals surface area contributed by atoms with Gasteiger partial charge < -0.3 is 10.3 Å². The van der Waals surface area contributed by atoms with Gasteiger partial charge in [-0.3, -0.25) is 0 Å². The van der Waals surface area contributed by atoms with Crippen molar-refractivity contribution in [2.24, 2.45) is 0 Å². The van der Waals surface area contributed by atoms with Crippen LogP contribution in [-0.2, 0) is 12.0 Å². The summed E-state index contributed by atoms with van der Waals surface area (Å²) in [6.07, 6.45) is 6.15. The summed E-state index contributed by atoms with van der Waals surface area (Å²) >= 11 is 0. The van der Waals surface area contributed by atoms with Gasteiger partial charge in [0.05, 0.1) is 11.0 Å². The summed E-state index contributed by atoms with van der Waals surface area (Å²) in [6.45, 7) is 4.55. The second-order valence-corrected chi connectivity index (χ2v) is 5.67. The number of aromatic nitrogens is 2. The van der Waals surface area contributed by atoms with E-state index in [0.29, 0.717) is 0 Å². The highest BCUT2D eigenvalue weighted by atomic mass is 15.1. The highest BCUT2D eigenvalue weighted by Gasteiger charge is 2.33. The molecule has 0 bridgehead atoms. The van der Waals surface area contributed by atoms with Crippen LogP contribution in [-0.4, -0.2) is 9.55 Å². The van der Waals surface area contributed by atoms with Crippen LogP contribution in [0.15, 0.2) is 18.2 Å². The number of anilines is 1. The first-order valence-corrected chi connectivity index (χ1v) is 6.91. The van der Waals surface area contributed by atoms with Crippen molar-refractivity contribution in [1.82, 2.24) is 9.55 Å². The molecule has 1 heterocycles. The smallest absolute Gasteiger partial charge is 0.110 e. The van der Waals surface area contributed by atoms with Gasteiger partial charge in [0.1, 0.15) is 5.82 Å². The van der Waals surface area contributed by atoms with Gasteiger partial charge in [-0.1, -0.05) is 19.8 Å². The van der Waals surface area contributed by atoms with Crippen molar-refractivity contribution in [3.8, 4) is 0 Å². The quantitative estimate of drug-likeness (QED) is 0.821. The van der Waals surface area contributed by atoms with Gasteiger partial charge in [-0.05, 0) is 38.0 Å². The molecule has 0 amide bonds. The zero-order valence-electron chi connectivity index (χ0n) is 11.2. The van der Waals surface area contributed by atoms with Crippen LogP contribution in [0.3, 0.4) is 0 Å². The molecular formula is C15H21N3. The molecule has 18 heavy (non-hydrogen) atoms. The van der Waals surface area contributed by atoms with Gasteiger partial charge in [-0.25, -0.2) is 4.98 Å². The summed E-state index contributed by atoms with van der Waals surface area (Å²) in [4.78, 5) is 4.76. The Kier molecular flexibility index (Phi) is 2.58. The first-order valence-electron chi connectivity index (χ1n) is 6.91. The van der Waals surface area contributed by atoms with E-state index in [1.807, 2.05) is 12.1 Å². The maximum atomic E-state index is 5.86. The van der Waals surface area contributed by atoms with Crippen LogP contribution in [0.1, 0.15) is 45.4 Å². The van der Waals surface area contributed by atoms with Crippen molar-refractivity contribution in [2.45, 2.75) is 51.5 Å². The molecule has 1 aliphatic carbocycles. The Labute approximate surface area is 108 Å². The van der Waals surface area contributed by atoms with E-state index >= 15 is 0 Å². The van der Waals surface area contributed by atoms with Crippen molar-refractivity contribution in [2.75, 3.05) is 5.73 Å². The van der Waals surface area contributed by atoms with Crippen LogP contribution >= 0.6 is 0 Å². The predicted octanol–water partition coefficient (Wildman–Crippen LogP) is 3.47. The lowest BCUT2D eigenvalue weighted by Crippen LogP contribution is -2.28. The molecule has 0 radical (unpaired) electrons. The highest BCUT2D eigenvalue weighted by molar-refractivity contribution is 5.80. The van der Waals surface area contributed by atoms with Crippen LogP contribution in [0, 0.1) is 0 Å². The molecule has 1 saturated carbocycles. The largest absolute Gasteiger partial charge is 0.399 e. The summed E-state index contributed by atoms with van der Waals surface area (Å²) in [5, 5.41) is 0. The Hall–Kier alpha value is -1.51. The maximum Gasteiger partial charge on any atom is 0.110 e. The third-order valence-corrected chi connectivity index (χ3v) is 4.28. The molecule has 2 N–H and O–H groups in total. The topological polar surface area (TPSA) is 43.8 Å². The monoisotopic (exact) mass is 243 g/mol. The first kappa shape index (κ1) is 11.6. The molecule has 0 aliphatic heterocycles. The first-order chi connectivity index (χ1) is 8.64. The van der Waals surface area contributed by atoms with Crippen molar-refractivity contribution >= 4 is 16.7 Å². The normalized spacial score (nSPS) is 18.6. The van der Waals surface area contributed by atoms with E-state index in [4.69, 9.17) is 10.7 Å². The summed E-state index contributed by atoms with van der Waals surface area (Å²) < 4.78 is 2.47. The van der Waals surface area contributed by atoms with Gasteiger partial charge in [-0.2, -0.15) is 0 Å². The SMILES string of the molecule is CCc1nc2cc(N)ccc2n1C1(C)CCCC1. The van der Waals surface area contributed by atoms with Gasteiger partial charge in [0.25, 0.3) is 0 Å². The van der Waals surface area contributed by atoms with Crippen LogP contribution < -0.4 is 5.73 Å². The van der Waals surface area contributed by atoms with E-state index < -0.39 is 0 Å². The number of aryl methyl sites for hydroxylation is 1. The van der Waals surface area contributed by atoms with Crippen molar-refractivity contribution in [3.05, 3.63) is 24.0 Å². The fourth-order valence-corrected chi connectivity index (χ4v) is 3.35. The number of hydrogen-bond acceptors (Lipinski definition) is 2. The number of nitrogen functional groups attached to an aromatic ring is 1. The molecular weight excluding hydrogens is 222 g/mol. The lowest BCUT2D eigenvalue weighted by Gasteiger charge is -2.28. The second-order valence-electron chi connectivity index (χ2n) is 5.67. The average Bonchev–Trinajstić information content (AvgIpc) is 2.92. The Balaban J connectivity index is 2.25. The summed E-state index contributed by atoms with van der Waals surface area (Å²) in [6, 6.07) is 6.10. The minimum absolute atomic E-state index is 0.246. The lowest BCUT2D eigenvalue weighted by molar-refractivity contribution is 0.329. The minimum Gasteiger partial charge on any atom is -0.399 e. The van der Waals surface area contributed by atoms with Gasteiger partial charge in [0.15, 0.2) is 0 Å². The van der Waals surface area contributed by atoms with Crippen molar-refractivity contribution in [3.63, 3.8) is 0 Å². The molecule has 3 rings (SSSR count). The van der Waals surface area contributed by atoms with E-state index in [0.717, 1.165) is 17.6 Å². The fraction of sp³-hybridized carbons (Fsp3) is 0.533. The predicted molar refractivity (Wildman–Crippen MR) is 75.6 cm³/mol. The lowest BCUT2D eigenvalue weighted by atomic mass is 9.99. The van der Waals surface area contributed by atoms with Gasteiger partial charge in [-0.15, -0.1) is 0 Å². The highest BCUT2D eigenvalue weighted by Crippen LogP contribution is 2.39. The summed E-state index contributed by atoms with van der Waals surface area (Å²) in [5.41, 5.74) is 9.19. The van der Waals surface area contributed by atoms with Crippen LogP contribution in [0.2, 0.25) is 0 Å². The molecule has 2 aromatic rings. The maximum absolute atomic E-state index is 5.86. The third kappa shape index (κ3) is 1.61. The molecule has 0 unspecified atom stereocenters. The van der Waals surface area contributed by atoms with Gasteiger partial charge in [0.2, 0.25) is 0 Å². The molecule has 1 aromatic carbocycles. The van der Waals surface area contributed by atoms with Crippen molar-refractivity contribution < 1.29 is 0 Å². The zero-order valence-corrected chi connectivity index (χ0v) is 11.2. The Morgan fingerprint density at radius 1 is 1.33 bits per heavy atom. The average molecular weight is 243 g/mol. The van der Waals surface area contributed by atoms with Crippen LogP contribution in [0.4, 0.5) is 5.69 Å². The Morgan fingerprint density at radius 2 is 2.06 bits per heavy atom. The Morgan fingerprint density at radius 3 is 2.72 bits per heavy atom.